The average Bonchev–Trinajstić information content (AvgIpc) is 2.92. The molecule has 1 aromatic carbocycles. The van der Waals surface area contributed by atoms with E-state index in [9.17, 15) is 14.9 Å². The number of benzene rings is 1. The minimum absolute atomic E-state index is 0.0546. The minimum Gasteiger partial charge on any atom is -0.493 e. The maximum atomic E-state index is 12.6. The zero-order chi connectivity index (χ0) is 17.8. The van der Waals surface area contributed by atoms with Crippen LogP contribution in [0.2, 0.25) is 0 Å². The van der Waals surface area contributed by atoms with Crippen LogP contribution in [0.15, 0.2) is 6.07 Å². The number of nitro groups is 1. The largest absolute Gasteiger partial charge is 0.493 e. The Bertz CT molecular complexity index is 762. The molecule has 7 heteroatoms. The lowest BCUT2D eigenvalue weighted by atomic mass is 9.66. The summed E-state index contributed by atoms with van der Waals surface area (Å²) in [6, 6.07) is 1.46. The molecule has 0 bridgehead atoms. The van der Waals surface area contributed by atoms with Crippen LogP contribution in [0.4, 0.5) is 5.69 Å². The average molecular weight is 346 g/mol. The van der Waals surface area contributed by atoms with Crippen molar-refractivity contribution in [2.75, 3.05) is 20.8 Å². The molecule has 4 rings (SSSR count). The van der Waals surface area contributed by atoms with Crippen molar-refractivity contribution in [1.82, 2.24) is 4.90 Å². The second-order valence-corrected chi connectivity index (χ2v) is 7.11. The van der Waals surface area contributed by atoms with Crippen molar-refractivity contribution in [3.05, 3.63) is 27.3 Å². The van der Waals surface area contributed by atoms with Gasteiger partial charge in [0.2, 0.25) is 5.91 Å². The van der Waals surface area contributed by atoms with Crippen LogP contribution in [0, 0.1) is 16.0 Å². The van der Waals surface area contributed by atoms with Gasteiger partial charge in [-0.1, -0.05) is 12.8 Å². The number of methoxy groups -OCH3 is 2. The monoisotopic (exact) mass is 346 g/mol. The second-order valence-electron chi connectivity index (χ2n) is 7.11. The van der Waals surface area contributed by atoms with Crippen LogP contribution >= 0.6 is 0 Å². The first-order chi connectivity index (χ1) is 12.0. The fourth-order valence-electron chi connectivity index (χ4n) is 5.33. The number of amides is 1. The molecule has 3 aliphatic rings. The van der Waals surface area contributed by atoms with Crippen molar-refractivity contribution in [2.45, 2.75) is 44.1 Å². The number of fused-ring (bicyclic) bond motifs is 1. The number of hydrogen-bond acceptors (Lipinski definition) is 5. The molecule has 0 unspecified atom stereocenters. The summed E-state index contributed by atoms with van der Waals surface area (Å²) in [4.78, 5) is 26.1. The van der Waals surface area contributed by atoms with Gasteiger partial charge in [-0.15, -0.1) is 0 Å². The molecule has 0 N–H and O–H groups in total. The standard InChI is InChI=1S/C18H22N2O5/c1-24-14-10-13(20(22)23)16-12(17(14)25-2)6-8-19-15(21)9-11-5-3-4-7-18(11,16)19/h10-11H,3-9H2,1-2H3/t11-,18-/m0/s1. The quantitative estimate of drug-likeness (QED) is 0.621. The Morgan fingerprint density at radius 3 is 2.80 bits per heavy atom. The Labute approximate surface area is 146 Å². The summed E-state index contributed by atoms with van der Waals surface area (Å²) in [5.41, 5.74) is 1.03. The predicted molar refractivity (Wildman–Crippen MR) is 89.9 cm³/mol. The van der Waals surface area contributed by atoms with E-state index in [1.807, 2.05) is 4.90 Å². The number of hydrogen-bond donors (Lipinski definition) is 0. The molecule has 7 nitrogen and oxygen atoms in total. The second kappa shape index (κ2) is 5.61. The lowest BCUT2D eigenvalue weighted by Crippen LogP contribution is -2.52. The maximum Gasteiger partial charge on any atom is 0.279 e. The van der Waals surface area contributed by atoms with Gasteiger partial charge in [0.05, 0.1) is 36.3 Å². The van der Waals surface area contributed by atoms with Crippen molar-refractivity contribution < 1.29 is 19.2 Å². The Balaban J connectivity index is 2.05. The molecular weight excluding hydrogens is 324 g/mol. The molecule has 0 radical (unpaired) electrons. The fourth-order valence-corrected chi connectivity index (χ4v) is 5.33. The molecule has 1 amide bonds. The highest BCUT2D eigenvalue weighted by Gasteiger charge is 2.59. The molecule has 2 heterocycles. The smallest absolute Gasteiger partial charge is 0.279 e. The molecule has 1 spiro atoms. The molecule has 134 valence electrons. The molecule has 1 aliphatic carbocycles. The number of carbonyl (C=O) groups is 1. The van der Waals surface area contributed by atoms with Gasteiger partial charge in [-0.3, -0.25) is 14.9 Å². The molecule has 2 fully saturated rings. The molecule has 2 aliphatic heterocycles. The summed E-state index contributed by atoms with van der Waals surface area (Å²) in [5, 5.41) is 11.9. The lowest BCUT2D eigenvalue weighted by Gasteiger charge is -2.49. The van der Waals surface area contributed by atoms with E-state index in [1.54, 1.807) is 7.11 Å². The molecule has 1 saturated heterocycles. The third-order valence-corrected chi connectivity index (χ3v) is 6.20. The van der Waals surface area contributed by atoms with Crippen LogP contribution in [0.25, 0.3) is 0 Å². The van der Waals surface area contributed by atoms with Crippen LogP contribution in [0.5, 0.6) is 11.5 Å². The van der Waals surface area contributed by atoms with Crippen molar-refractivity contribution in [2.24, 2.45) is 5.92 Å². The number of ether oxygens (including phenoxy) is 2. The molecule has 0 aromatic heterocycles. The van der Waals surface area contributed by atoms with Crippen molar-refractivity contribution in [3.8, 4) is 11.5 Å². The van der Waals surface area contributed by atoms with E-state index in [0.717, 1.165) is 31.2 Å². The van der Waals surface area contributed by atoms with Crippen LogP contribution in [0.1, 0.15) is 43.2 Å². The molecular formula is C18H22N2O5. The normalized spacial score (nSPS) is 27.4. The molecule has 1 saturated carbocycles. The maximum absolute atomic E-state index is 12.6. The van der Waals surface area contributed by atoms with Gasteiger partial charge < -0.3 is 14.4 Å². The van der Waals surface area contributed by atoms with E-state index < -0.39 is 5.54 Å². The zero-order valence-corrected chi connectivity index (χ0v) is 14.5. The number of nitrogens with zero attached hydrogens (tertiary/aromatic N) is 2. The topological polar surface area (TPSA) is 81.9 Å². The van der Waals surface area contributed by atoms with Gasteiger partial charge in [0, 0.05) is 18.5 Å². The van der Waals surface area contributed by atoms with E-state index in [-0.39, 0.29) is 22.4 Å². The van der Waals surface area contributed by atoms with E-state index in [0.29, 0.717) is 36.4 Å². The van der Waals surface area contributed by atoms with Gasteiger partial charge in [0.1, 0.15) is 0 Å². The van der Waals surface area contributed by atoms with Gasteiger partial charge >= 0.3 is 0 Å². The summed E-state index contributed by atoms with van der Waals surface area (Å²) in [5.74, 6) is 1.22. The van der Waals surface area contributed by atoms with Gasteiger partial charge in [-0.2, -0.15) is 0 Å². The zero-order valence-electron chi connectivity index (χ0n) is 14.5. The first kappa shape index (κ1) is 16.2. The molecule has 1 aromatic rings. The molecule has 2 atom stereocenters. The van der Waals surface area contributed by atoms with Crippen LogP contribution < -0.4 is 9.47 Å². The Morgan fingerprint density at radius 1 is 1.32 bits per heavy atom. The highest BCUT2D eigenvalue weighted by atomic mass is 16.6. The Morgan fingerprint density at radius 2 is 2.12 bits per heavy atom. The number of carbonyl (C=O) groups excluding carboxylic acids is 1. The third kappa shape index (κ3) is 2.01. The third-order valence-electron chi connectivity index (χ3n) is 6.20. The van der Waals surface area contributed by atoms with Crippen molar-refractivity contribution in [1.29, 1.82) is 0 Å². The van der Waals surface area contributed by atoms with Gasteiger partial charge in [-0.25, -0.2) is 0 Å². The predicted octanol–water partition coefficient (Wildman–Crippen LogP) is 2.79. The van der Waals surface area contributed by atoms with E-state index >= 15 is 0 Å². The molecule has 25 heavy (non-hydrogen) atoms. The van der Waals surface area contributed by atoms with Crippen LogP contribution in [0.3, 0.4) is 0 Å². The highest BCUT2D eigenvalue weighted by Crippen LogP contribution is 2.59. The van der Waals surface area contributed by atoms with Crippen molar-refractivity contribution >= 4 is 11.6 Å². The van der Waals surface area contributed by atoms with Gasteiger partial charge in [0.15, 0.2) is 11.5 Å². The van der Waals surface area contributed by atoms with Gasteiger partial charge in [-0.05, 0) is 25.2 Å². The lowest BCUT2D eigenvalue weighted by molar-refractivity contribution is -0.386. The first-order valence-electron chi connectivity index (χ1n) is 8.77. The number of nitro benzene ring substituents is 1. The SMILES string of the molecule is COc1cc([N+](=O)[O-])c2c(c1OC)CCN1C(=O)C[C@@H]3CCCC[C@@]231. The van der Waals surface area contributed by atoms with Gasteiger partial charge in [0.25, 0.3) is 5.69 Å². The summed E-state index contributed by atoms with van der Waals surface area (Å²) < 4.78 is 10.9. The fraction of sp³-hybridized carbons (Fsp3) is 0.611. The summed E-state index contributed by atoms with van der Waals surface area (Å²) in [6.45, 7) is 0.586. The van der Waals surface area contributed by atoms with Crippen LogP contribution in [-0.4, -0.2) is 36.5 Å². The van der Waals surface area contributed by atoms with E-state index in [1.165, 1.54) is 13.2 Å². The summed E-state index contributed by atoms with van der Waals surface area (Å²) in [7, 11) is 3.05. The summed E-state index contributed by atoms with van der Waals surface area (Å²) in [6.07, 6.45) is 4.82. The van der Waals surface area contributed by atoms with Crippen molar-refractivity contribution in [3.63, 3.8) is 0 Å². The van der Waals surface area contributed by atoms with Crippen LogP contribution in [-0.2, 0) is 16.8 Å². The van der Waals surface area contributed by atoms with E-state index in [4.69, 9.17) is 9.47 Å². The Hall–Kier alpha value is -2.31. The first-order valence-corrected chi connectivity index (χ1v) is 8.77. The Kier molecular flexibility index (Phi) is 3.63. The van der Waals surface area contributed by atoms with E-state index in [2.05, 4.69) is 0 Å². The highest BCUT2D eigenvalue weighted by molar-refractivity contribution is 5.83. The number of rotatable bonds is 3. The summed E-state index contributed by atoms with van der Waals surface area (Å²) >= 11 is 0. The minimum atomic E-state index is -0.551.